The minimum atomic E-state index is -4.12. The molecule has 2 aromatic carbocycles. The molecule has 29 heavy (non-hydrogen) atoms. The molecule has 0 fully saturated rings. The molecule has 0 aliphatic carbocycles. The number of hydrogen-bond acceptors (Lipinski definition) is 6. The van der Waals surface area contributed by atoms with Crippen molar-refractivity contribution in [1.82, 2.24) is 19.6 Å². The summed E-state index contributed by atoms with van der Waals surface area (Å²) < 4.78 is 34.9. The molecule has 4 aromatic rings. The van der Waals surface area contributed by atoms with Crippen molar-refractivity contribution in [2.45, 2.75) is 12.1 Å². The van der Waals surface area contributed by atoms with Crippen LogP contribution in [0.1, 0.15) is 5.56 Å². The van der Waals surface area contributed by atoms with Crippen LogP contribution >= 0.6 is 11.6 Å². The molecule has 0 atom stereocenters. The lowest BCUT2D eigenvalue weighted by Crippen LogP contribution is -2.15. The monoisotopic (exact) mass is 429 g/mol. The van der Waals surface area contributed by atoms with E-state index in [0.29, 0.717) is 17.0 Å². The van der Waals surface area contributed by atoms with Crippen LogP contribution in [0.3, 0.4) is 0 Å². The van der Waals surface area contributed by atoms with Crippen molar-refractivity contribution in [3.63, 3.8) is 0 Å². The Bertz CT molecular complexity index is 1310. The number of fused-ring (bicyclic) bond motifs is 1. The fourth-order valence-corrected chi connectivity index (χ4v) is 4.12. The highest BCUT2D eigenvalue weighted by Gasteiger charge is 2.24. The third-order valence-electron chi connectivity index (χ3n) is 4.22. The second-order valence-electron chi connectivity index (χ2n) is 6.21. The summed E-state index contributed by atoms with van der Waals surface area (Å²) in [6, 6.07) is 14.5. The first-order chi connectivity index (χ1) is 13.9. The number of nitrogens with zero attached hydrogens (tertiary/aromatic N) is 4. The first-order valence-corrected chi connectivity index (χ1v) is 10.4. The molecule has 0 aliphatic rings. The summed E-state index contributed by atoms with van der Waals surface area (Å²) in [5, 5.41) is 3.88. The topological polar surface area (TPSA) is 98.5 Å². The van der Waals surface area contributed by atoms with Crippen LogP contribution in [-0.2, 0) is 10.0 Å². The summed E-state index contributed by atoms with van der Waals surface area (Å²) in [7, 11) is -2.64. The van der Waals surface area contributed by atoms with E-state index in [-0.39, 0.29) is 16.5 Å². The van der Waals surface area contributed by atoms with E-state index in [1.165, 1.54) is 11.6 Å². The number of halogens is 1. The second kappa shape index (κ2) is 7.34. The highest BCUT2D eigenvalue weighted by atomic mass is 35.5. The number of anilines is 1. The van der Waals surface area contributed by atoms with Crippen LogP contribution in [0.5, 0.6) is 5.88 Å². The Hall–Kier alpha value is -3.17. The number of hydrogen-bond donors (Lipinski definition) is 1. The second-order valence-corrected chi connectivity index (χ2v) is 8.19. The number of benzene rings is 2. The lowest BCUT2D eigenvalue weighted by atomic mass is 10.0. The Morgan fingerprint density at radius 1 is 1.07 bits per heavy atom. The quantitative estimate of drug-likeness (QED) is 0.520. The smallest absolute Gasteiger partial charge is 0.299 e. The number of sulfonamides is 1. The lowest BCUT2D eigenvalue weighted by Gasteiger charge is -2.13. The average molecular weight is 430 g/mol. The summed E-state index contributed by atoms with van der Waals surface area (Å²) in [4.78, 5) is 8.20. The van der Waals surface area contributed by atoms with Crippen molar-refractivity contribution >= 4 is 33.1 Å². The largest absolute Gasteiger partial charge is 0.481 e. The van der Waals surface area contributed by atoms with Crippen LogP contribution in [-0.4, -0.2) is 35.1 Å². The molecule has 0 aliphatic heterocycles. The van der Waals surface area contributed by atoms with Crippen molar-refractivity contribution in [2.24, 2.45) is 0 Å². The number of para-hydroxylation sites is 1. The lowest BCUT2D eigenvalue weighted by molar-refractivity contribution is 0.394. The summed E-state index contributed by atoms with van der Waals surface area (Å²) in [5.74, 6) is 0.453. The van der Waals surface area contributed by atoms with E-state index in [1.54, 1.807) is 31.3 Å². The van der Waals surface area contributed by atoms with Crippen LogP contribution in [0.15, 0.2) is 59.9 Å². The van der Waals surface area contributed by atoms with Gasteiger partial charge in [-0.2, -0.15) is 18.4 Å². The van der Waals surface area contributed by atoms with Crippen molar-refractivity contribution in [1.29, 1.82) is 0 Å². The molecule has 0 saturated heterocycles. The van der Waals surface area contributed by atoms with Gasteiger partial charge in [-0.1, -0.05) is 54.1 Å². The number of nitrogens with one attached hydrogen (secondary N) is 1. The van der Waals surface area contributed by atoms with Gasteiger partial charge in [0.1, 0.15) is 0 Å². The minimum absolute atomic E-state index is 0.107. The van der Waals surface area contributed by atoms with E-state index in [2.05, 4.69) is 19.8 Å². The van der Waals surface area contributed by atoms with Gasteiger partial charge in [0, 0.05) is 17.3 Å². The van der Waals surface area contributed by atoms with Gasteiger partial charge in [-0.15, -0.1) is 5.10 Å². The molecule has 0 radical (unpaired) electrons. The van der Waals surface area contributed by atoms with Gasteiger partial charge in [-0.05, 0) is 18.6 Å². The van der Waals surface area contributed by atoms with E-state index in [4.69, 9.17) is 16.3 Å². The molecule has 4 rings (SSSR count). The molecule has 0 bridgehead atoms. The Kier molecular flexibility index (Phi) is 4.85. The van der Waals surface area contributed by atoms with Gasteiger partial charge in [0.15, 0.2) is 0 Å². The third-order valence-corrected chi connectivity index (χ3v) is 5.66. The first-order valence-electron chi connectivity index (χ1n) is 8.54. The van der Waals surface area contributed by atoms with Gasteiger partial charge in [0.25, 0.3) is 21.0 Å². The molecule has 2 heterocycles. The SMILES string of the molecule is COc1nc2nc(S(=O)(=O)Nc3c(Cl)cccc3-c3ccccc3)nn2cc1C. The molecule has 8 nitrogen and oxygen atoms in total. The first kappa shape index (κ1) is 19.2. The van der Waals surface area contributed by atoms with Gasteiger partial charge < -0.3 is 4.74 Å². The Balaban J connectivity index is 1.78. The van der Waals surface area contributed by atoms with Crippen LogP contribution in [0.4, 0.5) is 5.69 Å². The highest BCUT2D eigenvalue weighted by Crippen LogP contribution is 2.35. The summed E-state index contributed by atoms with van der Waals surface area (Å²) in [6.45, 7) is 1.77. The van der Waals surface area contributed by atoms with Gasteiger partial charge in [0.2, 0.25) is 5.88 Å². The van der Waals surface area contributed by atoms with E-state index < -0.39 is 15.2 Å². The maximum atomic E-state index is 13.0. The Labute approximate surface area is 172 Å². The zero-order valence-electron chi connectivity index (χ0n) is 15.5. The van der Waals surface area contributed by atoms with Gasteiger partial charge in [-0.25, -0.2) is 4.52 Å². The maximum Gasteiger partial charge on any atom is 0.299 e. The fourth-order valence-electron chi connectivity index (χ4n) is 2.86. The third kappa shape index (κ3) is 3.62. The summed E-state index contributed by atoms with van der Waals surface area (Å²) >= 11 is 6.31. The Morgan fingerprint density at radius 3 is 2.55 bits per heavy atom. The van der Waals surface area contributed by atoms with E-state index >= 15 is 0 Å². The molecule has 10 heteroatoms. The van der Waals surface area contributed by atoms with E-state index in [1.807, 2.05) is 30.3 Å². The van der Waals surface area contributed by atoms with Crippen molar-refractivity contribution < 1.29 is 13.2 Å². The van der Waals surface area contributed by atoms with Gasteiger partial charge in [-0.3, -0.25) is 4.72 Å². The molecule has 2 aromatic heterocycles. The Morgan fingerprint density at radius 2 is 1.83 bits per heavy atom. The van der Waals surface area contributed by atoms with E-state index in [9.17, 15) is 8.42 Å². The maximum absolute atomic E-state index is 13.0. The minimum Gasteiger partial charge on any atom is -0.481 e. The highest BCUT2D eigenvalue weighted by molar-refractivity contribution is 7.92. The van der Waals surface area contributed by atoms with Crippen molar-refractivity contribution in [2.75, 3.05) is 11.8 Å². The van der Waals surface area contributed by atoms with Gasteiger partial charge in [0.05, 0.1) is 17.8 Å². The average Bonchev–Trinajstić information content (AvgIpc) is 3.13. The molecular weight excluding hydrogens is 414 g/mol. The number of aromatic nitrogens is 4. The predicted octanol–water partition coefficient (Wildman–Crippen LogP) is 3.56. The summed E-state index contributed by atoms with van der Waals surface area (Å²) in [5.41, 5.74) is 2.40. The van der Waals surface area contributed by atoms with Crippen molar-refractivity contribution in [3.8, 4) is 17.0 Å². The molecule has 0 spiro atoms. The molecule has 148 valence electrons. The number of methoxy groups -OCH3 is 1. The van der Waals surface area contributed by atoms with Crippen LogP contribution in [0.2, 0.25) is 5.02 Å². The fraction of sp³-hybridized carbons (Fsp3) is 0.105. The van der Waals surface area contributed by atoms with Crippen molar-refractivity contribution in [3.05, 3.63) is 65.3 Å². The molecule has 0 saturated carbocycles. The zero-order chi connectivity index (χ0) is 20.6. The molecule has 0 unspecified atom stereocenters. The zero-order valence-corrected chi connectivity index (χ0v) is 17.1. The van der Waals surface area contributed by atoms with Gasteiger partial charge >= 0.3 is 0 Å². The van der Waals surface area contributed by atoms with Crippen LogP contribution < -0.4 is 9.46 Å². The number of rotatable bonds is 5. The molecule has 1 N–H and O–H groups in total. The molecular formula is C19H16ClN5O3S. The normalized spacial score (nSPS) is 11.6. The standard InChI is InChI=1S/C19H16ClN5O3S/c1-12-11-25-18(21-17(12)28-2)22-19(23-25)29(26,27)24-16-14(9-6-10-15(16)20)13-7-4-3-5-8-13/h3-11,24H,1-2H3. The van der Waals surface area contributed by atoms with Crippen LogP contribution in [0.25, 0.3) is 16.9 Å². The van der Waals surface area contributed by atoms with E-state index in [0.717, 1.165) is 5.56 Å². The number of ether oxygens (including phenoxy) is 1. The molecule has 0 amide bonds. The summed E-state index contributed by atoms with van der Waals surface area (Å²) in [6.07, 6.45) is 1.60. The number of aryl methyl sites for hydroxylation is 1. The predicted molar refractivity (Wildman–Crippen MR) is 110 cm³/mol. The van der Waals surface area contributed by atoms with Crippen LogP contribution in [0, 0.1) is 6.92 Å².